The van der Waals surface area contributed by atoms with Gasteiger partial charge in [-0.15, -0.1) is 11.8 Å². The fourth-order valence-electron chi connectivity index (χ4n) is 3.73. The Hall–Kier alpha value is -2.66. The van der Waals surface area contributed by atoms with Gasteiger partial charge in [0.2, 0.25) is 0 Å². The van der Waals surface area contributed by atoms with Crippen molar-refractivity contribution in [3.8, 4) is 0 Å². The molecule has 1 aliphatic heterocycles. The fourth-order valence-corrected chi connectivity index (χ4v) is 4.63. The summed E-state index contributed by atoms with van der Waals surface area (Å²) in [7, 11) is 0. The van der Waals surface area contributed by atoms with Gasteiger partial charge >= 0.3 is 0 Å². The zero-order valence-electron chi connectivity index (χ0n) is 16.3. The van der Waals surface area contributed by atoms with E-state index in [1.807, 2.05) is 0 Å². The van der Waals surface area contributed by atoms with Gasteiger partial charge in [-0.05, 0) is 62.6 Å². The lowest BCUT2D eigenvalue weighted by molar-refractivity contribution is 0.0655. The van der Waals surface area contributed by atoms with Crippen LogP contribution < -0.4 is 0 Å². The lowest BCUT2D eigenvalue weighted by Crippen LogP contribution is -2.30. The maximum absolute atomic E-state index is 12.4. The average molecular weight is 391 g/mol. The zero-order valence-corrected chi connectivity index (χ0v) is 17.1. The highest BCUT2D eigenvalue weighted by molar-refractivity contribution is 7.99. The molecule has 2 aromatic carbocycles. The minimum atomic E-state index is -0.184. The summed E-state index contributed by atoms with van der Waals surface area (Å²) in [6.07, 6.45) is 0.738. The molecule has 0 spiro atoms. The van der Waals surface area contributed by atoms with Gasteiger partial charge in [0.05, 0.1) is 21.7 Å². The smallest absolute Gasteiger partial charge is 0.261 e. The van der Waals surface area contributed by atoms with Crippen molar-refractivity contribution in [2.24, 2.45) is 0 Å². The van der Waals surface area contributed by atoms with Crippen LogP contribution >= 0.6 is 11.8 Å². The van der Waals surface area contributed by atoms with E-state index in [9.17, 15) is 9.59 Å². The first-order valence-corrected chi connectivity index (χ1v) is 10.4. The summed E-state index contributed by atoms with van der Waals surface area (Å²) in [6, 6.07) is 13.5. The van der Waals surface area contributed by atoms with E-state index in [2.05, 4.69) is 39.0 Å². The molecule has 0 saturated heterocycles. The van der Waals surface area contributed by atoms with Crippen molar-refractivity contribution in [2.45, 2.75) is 32.2 Å². The number of aryl methyl sites for hydroxylation is 3. The third kappa shape index (κ3) is 3.31. The van der Waals surface area contributed by atoms with Crippen molar-refractivity contribution in [3.05, 3.63) is 70.3 Å². The summed E-state index contributed by atoms with van der Waals surface area (Å²) in [4.78, 5) is 31.0. The standard InChI is InChI=1S/C23H22N2O2S/c1-14-11-16(3)21-19(12-14)15(2)13-20(24-21)28-10-6-9-25-22(26)17-7-4-5-8-18(17)23(25)27/h4-5,7-8,11-13H,6,9-10H2,1-3H3. The number of pyridine rings is 1. The number of amides is 2. The molecule has 3 aromatic rings. The molecular weight excluding hydrogens is 368 g/mol. The maximum atomic E-state index is 12.4. The van der Waals surface area contributed by atoms with Gasteiger partial charge < -0.3 is 0 Å². The van der Waals surface area contributed by atoms with Crippen molar-refractivity contribution in [3.63, 3.8) is 0 Å². The second-order valence-corrected chi connectivity index (χ2v) is 8.38. The van der Waals surface area contributed by atoms with Crippen LogP contribution in [0.1, 0.15) is 43.8 Å². The van der Waals surface area contributed by atoms with Crippen molar-refractivity contribution >= 4 is 34.5 Å². The van der Waals surface area contributed by atoms with Crippen molar-refractivity contribution < 1.29 is 9.59 Å². The molecule has 0 atom stereocenters. The molecule has 0 radical (unpaired) electrons. The Bertz CT molecular complexity index is 1070. The number of hydrogen-bond acceptors (Lipinski definition) is 4. The summed E-state index contributed by atoms with van der Waals surface area (Å²) < 4.78 is 0. The van der Waals surface area contributed by atoms with Crippen molar-refractivity contribution in [1.82, 2.24) is 9.88 Å². The average Bonchev–Trinajstić information content (AvgIpc) is 2.91. The molecule has 2 heterocycles. The van der Waals surface area contributed by atoms with Crippen LogP contribution in [-0.2, 0) is 0 Å². The molecule has 142 valence electrons. The Labute approximate surface area is 169 Å². The molecule has 4 rings (SSSR count). The highest BCUT2D eigenvalue weighted by atomic mass is 32.2. The number of imide groups is 1. The number of fused-ring (bicyclic) bond motifs is 2. The van der Waals surface area contributed by atoms with Crippen LogP contribution in [0.5, 0.6) is 0 Å². The summed E-state index contributed by atoms with van der Waals surface area (Å²) in [5, 5.41) is 2.19. The number of aromatic nitrogens is 1. The monoisotopic (exact) mass is 390 g/mol. The second-order valence-electron chi connectivity index (χ2n) is 7.26. The van der Waals surface area contributed by atoms with Gasteiger partial charge in [-0.25, -0.2) is 4.98 Å². The largest absolute Gasteiger partial charge is 0.274 e. The molecule has 5 heteroatoms. The van der Waals surface area contributed by atoms with Gasteiger partial charge in [0.1, 0.15) is 0 Å². The quantitative estimate of drug-likeness (QED) is 0.352. The van der Waals surface area contributed by atoms with Gasteiger partial charge in [0, 0.05) is 17.7 Å². The van der Waals surface area contributed by atoms with Gasteiger partial charge in [0.15, 0.2) is 0 Å². The molecule has 2 amide bonds. The molecule has 28 heavy (non-hydrogen) atoms. The van der Waals surface area contributed by atoms with Gasteiger partial charge in [-0.1, -0.05) is 23.8 Å². The van der Waals surface area contributed by atoms with Crippen LogP contribution in [0.3, 0.4) is 0 Å². The SMILES string of the molecule is Cc1cc(C)c2nc(SCCCN3C(=O)c4ccccc4C3=O)cc(C)c2c1. The lowest BCUT2D eigenvalue weighted by atomic mass is 10.0. The van der Waals surface area contributed by atoms with E-state index in [1.54, 1.807) is 36.0 Å². The van der Waals surface area contributed by atoms with Crippen LogP contribution in [-0.4, -0.2) is 34.0 Å². The molecule has 0 N–H and O–H groups in total. The van der Waals surface area contributed by atoms with E-state index in [4.69, 9.17) is 4.98 Å². The van der Waals surface area contributed by atoms with E-state index in [0.717, 1.165) is 22.7 Å². The Kier molecular flexibility index (Phi) is 4.94. The summed E-state index contributed by atoms with van der Waals surface area (Å²) >= 11 is 1.67. The Morgan fingerprint density at radius 1 is 0.929 bits per heavy atom. The number of rotatable bonds is 5. The molecular formula is C23H22N2O2S. The first-order chi connectivity index (χ1) is 13.5. The van der Waals surface area contributed by atoms with E-state index >= 15 is 0 Å². The molecule has 0 unspecified atom stereocenters. The predicted molar refractivity (Wildman–Crippen MR) is 113 cm³/mol. The summed E-state index contributed by atoms with van der Waals surface area (Å²) in [5.74, 6) is 0.434. The van der Waals surface area contributed by atoms with Crippen LogP contribution in [0.15, 0.2) is 47.5 Å². The van der Waals surface area contributed by atoms with E-state index in [-0.39, 0.29) is 11.8 Å². The predicted octanol–water partition coefficient (Wildman–Crippen LogP) is 4.94. The molecule has 0 fully saturated rings. The lowest BCUT2D eigenvalue weighted by Gasteiger charge is -2.13. The minimum Gasteiger partial charge on any atom is -0.274 e. The third-order valence-corrected chi connectivity index (χ3v) is 6.08. The van der Waals surface area contributed by atoms with Crippen molar-refractivity contribution in [2.75, 3.05) is 12.3 Å². The molecule has 0 aliphatic carbocycles. The van der Waals surface area contributed by atoms with Crippen LogP contribution in [0.25, 0.3) is 10.9 Å². The Morgan fingerprint density at radius 2 is 1.61 bits per heavy atom. The van der Waals surface area contributed by atoms with Crippen LogP contribution in [0.4, 0.5) is 0 Å². The normalized spacial score (nSPS) is 13.5. The fraction of sp³-hybridized carbons (Fsp3) is 0.261. The number of carbonyl (C=O) groups excluding carboxylic acids is 2. The van der Waals surface area contributed by atoms with E-state index in [0.29, 0.717) is 17.7 Å². The Balaban J connectivity index is 1.41. The maximum Gasteiger partial charge on any atom is 0.261 e. The third-order valence-electron chi connectivity index (χ3n) is 5.09. The number of carbonyl (C=O) groups is 2. The van der Waals surface area contributed by atoms with Crippen LogP contribution in [0, 0.1) is 20.8 Å². The zero-order chi connectivity index (χ0) is 19.8. The first kappa shape index (κ1) is 18.7. The van der Waals surface area contributed by atoms with Crippen molar-refractivity contribution in [1.29, 1.82) is 0 Å². The number of benzene rings is 2. The molecule has 4 nitrogen and oxygen atoms in total. The number of hydrogen-bond donors (Lipinski definition) is 0. The highest BCUT2D eigenvalue weighted by Crippen LogP contribution is 2.28. The summed E-state index contributed by atoms with van der Waals surface area (Å²) in [5.41, 5.74) is 5.73. The van der Waals surface area contributed by atoms with Gasteiger partial charge in [-0.2, -0.15) is 0 Å². The summed E-state index contributed by atoms with van der Waals surface area (Å²) in [6.45, 7) is 6.75. The number of nitrogens with zero attached hydrogens (tertiary/aromatic N) is 2. The van der Waals surface area contributed by atoms with Gasteiger partial charge in [-0.3, -0.25) is 14.5 Å². The number of thioether (sulfide) groups is 1. The van der Waals surface area contributed by atoms with E-state index in [1.165, 1.54) is 27.0 Å². The Morgan fingerprint density at radius 3 is 2.29 bits per heavy atom. The van der Waals surface area contributed by atoms with Crippen LogP contribution in [0.2, 0.25) is 0 Å². The topological polar surface area (TPSA) is 50.3 Å². The molecule has 0 saturated carbocycles. The van der Waals surface area contributed by atoms with E-state index < -0.39 is 0 Å². The first-order valence-electron chi connectivity index (χ1n) is 9.42. The molecule has 0 bridgehead atoms. The second kappa shape index (κ2) is 7.40. The molecule has 1 aliphatic rings. The molecule has 1 aromatic heterocycles. The minimum absolute atomic E-state index is 0.184. The highest BCUT2D eigenvalue weighted by Gasteiger charge is 2.34. The van der Waals surface area contributed by atoms with Gasteiger partial charge in [0.25, 0.3) is 11.8 Å².